The number of rotatable bonds is 14. The number of carbonyl (C=O) groups is 6. The smallest absolute Gasteiger partial charge is 0.343 e. The Labute approximate surface area is 362 Å². The number of azo groups is 2. The lowest BCUT2D eigenvalue weighted by Crippen LogP contribution is -2.32. The monoisotopic (exact) mass is 912 g/mol. The van der Waals surface area contributed by atoms with Gasteiger partial charge in [-0.25, -0.2) is 27.2 Å². The highest BCUT2D eigenvalue weighted by Gasteiger charge is 2.27. The number of carbonyl (C=O) groups excluding carboxylic acids is 6. The van der Waals surface area contributed by atoms with Crippen molar-refractivity contribution < 1.29 is 55.8 Å². The molecule has 5 rings (SSSR count). The molecule has 0 fully saturated rings. The molecule has 318 valence electrons. The minimum absolute atomic E-state index is 0.0245. The van der Waals surface area contributed by atoms with Crippen LogP contribution in [0, 0.1) is 30.2 Å². The largest absolute Gasteiger partial charge is 0.423 e. The number of hydrogen-bond acceptors (Lipinski definition) is 12. The normalized spacial score (nSPS) is 12.2. The van der Waals surface area contributed by atoms with Gasteiger partial charge in [0.1, 0.15) is 46.1 Å². The molecule has 21 heteroatoms. The highest BCUT2D eigenvalue weighted by molar-refractivity contribution is 6.34. The van der Waals surface area contributed by atoms with Crippen molar-refractivity contribution in [2.24, 2.45) is 20.5 Å². The van der Waals surface area contributed by atoms with Gasteiger partial charge in [-0.05, 0) is 74.9 Å². The van der Waals surface area contributed by atoms with Crippen LogP contribution in [0.15, 0.2) is 105 Å². The molecule has 14 nitrogen and oxygen atoms in total. The van der Waals surface area contributed by atoms with Crippen molar-refractivity contribution in [2.75, 3.05) is 10.6 Å². The van der Waals surface area contributed by atoms with E-state index in [1.165, 1.54) is 43.3 Å². The molecule has 2 atom stereocenters. The fourth-order valence-corrected chi connectivity index (χ4v) is 5.65. The Morgan fingerprint density at radius 3 is 1.31 bits per heavy atom. The van der Waals surface area contributed by atoms with Crippen molar-refractivity contribution in [2.45, 2.75) is 32.9 Å². The van der Waals surface area contributed by atoms with Gasteiger partial charge in [-0.3, -0.25) is 19.2 Å². The Kier molecular flexibility index (Phi) is 15.0. The minimum atomic E-state index is -1.76. The molecule has 2 unspecified atom stereocenters. The number of halogens is 7. The highest BCUT2D eigenvalue weighted by atomic mass is 35.5. The third-order valence-electron chi connectivity index (χ3n) is 8.12. The van der Waals surface area contributed by atoms with Crippen LogP contribution >= 0.6 is 34.8 Å². The predicted octanol–water partition coefficient (Wildman–Crippen LogP) is 10.3. The van der Waals surface area contributed by atoms with Crippen LogP contribution in [0.4, 0.5) is 40.3 Å². The number of nitrogens with zero attached hydrogens (tertiary/aromatic N) is 4. The molecule has 5 aromatic carbocycles. The van der Waals surface area contributed by atoms with Crippen LogP contribution in [-0.2, 0) is 19.2 Å². The maximum Gasteiger partial charge on any atom is 0.343 e. The first kappa shape index (κ1) is 46.2. The summed E-state index contributed by atoms with van der Waals surface area (Å²) < 4.78 is 64.2. The Hall–Kier alpha value is -6.89. The molecule has 0 aliphatic rings. The molecular weight excluding hydrogens is 887 g/mol. The van der Waals surface area contributed by atoms with Crippen molar-refractivity contribution >= 4 is 92.9 Å². The molecule has 62 heavy (non-hydrogen) atoms. The second kappa shape index (κ2) is 20.1. The molecule has 2 N–H and O–H groups in total. The lowest BCUT2D eigenvalue weighted by atomic mass is 10.1. The lowest BCUT2D eigenvalue weighted by Gasteiger charge is -2.15. The van der Waals surface area contributed by atoms with Gasteiger partial charge in [-0.15, -0.1) is 0 Å². The molecule has 5 aromatic rings. The Morgan fingerprint density at radius 2 is 0.919 bits per heavy atom. The second-order valence-corrected chi connectivity index (χ2v) is 14.1. The Balaban J connectivity index is 1.27. The first-order valence-corrected chi connectivity index (χ1v) is 18.6. The average Bonchev–Trinajstić information content (AvgIpc) is 3.17. The highest BCUT2D eigenvalue weighted by Crippen LogP contribution is 2.32. The van der Waals surface area contributed by atoms with Gasteiger partial charge in [0.25, 0.3) is 11.8 Å². The summed E-state index contributed by atoms with van der Waals surface area (Å²) in [6.07, 6.45) is 0. The summed E-state index contributed by atoms with van der Waals surface area (Å²) in [7, 11) is 0. The topological polar surface area (TPSA) is 194 Å². The van der Waals surface area contributed by atoms with E-state index >= 15 is 0 Å². The van der Waals surface area contributed by atoms with E-state index in [9.17, 15) is 46.3 Å². The number of benzene rings is 5. The molecular formula is C41H27Cl3F4N6O8. The fraction of sp³-hybridized carbons (Fsp3) is 0.122. The van der Waals surface area contributed by atoms with Crippen LogP contribution in [0.25, 0.3) is 0 Å². The summed E-state index contributed by atoms with van der Waals surface area (Å²) in [4.78, 5) is 76.8. The number of nitrogens with one attached hydrogen (secondary N) is 2. The summed E-state index contributed by atoms with van der Waals surface area (Å²) >= 11 is 18.8. The van der Waals surface area contributed by atoms with Crippen LogP contribution in [0.5, 0.6) is 11.5 Å². The van der Waals surface area contributed by atoms with Gasteiger partial charge in [-0.1, -0.05) is 34.8 Å². The van der Waals surface area contributed by atoms with Crippen molar-refractivity contribution in [3.8, 4) is 11.5 Å². The number of esters is 2. The molecule has 0 saturated heterocycles. The number of anilines is 2. The van der Waals surface area contributed by atoms with E-state index in [0.29, 0.717) is 17.7 Å². The Bertz CT molecular complexity index is 2500. The van der Waals surface area contributed by atoms with Gasteiger partial charge in [0, 0.05) is 42.1 Å². The summed E-state index contributed by atoms with van der Waals surface area (Å²) in [6.45, 7) is 3.64. The molecule has 2 amide bonds. The Morgan fingerprint density at radius 1 is 0.532 bits per heavy atom. The van der Waals surface area contributed by atoms with E-state index in [2.05, 4.69) is 31.1 Å². The molecule has 0 heterocycles. The second-order valence-electron chi connectivity index (χ2n) is 12.9. The van der Waals surface area contributed by atoms with Crippen LogP contribution in [0.2, 0.25) is 15.1 Å². The molecule has 0 spiro atoms. The molecule has 0 aromatic heterocycles. The first-order valence-electron chi connectivity index (χ1n) is 17.5. The van der Waals surface area contributed by atoms with E-state index in [0.717, 1.165) is 50.2 Å². The van der Waals surface area contributed by atoms with Gasteiger partial charge >= 0.3 is 11.9 Å². The third kappa shape index (κ3) is 12.1. The zero-order chi connectivity index (χ0) is 45.4. The van der Waals surface area contributed by atoms with E-state index in [-0.39, 0.29) is 48.9 Å². The van der Waals surface area contributed by atoms with Gasteiger partial charge in [0.2, 0.25) is 12.1 Å². The molecule has 0 aliphatic carbocycles. The van der Waals surface area contributed by atoms with Crippen LogP contribution < -0.4 is 20.1 Å². The molecule has 0 bridgehead atoms. The van der Waals surface area contributed by atoms with Crippen molar-refractivity contribution in [1.82, 2.24) is 0 Å². The number of Topliss-reactive ketones (excluding diaryl/α,β-unsaturated/α-hetero) is 2. The number of ketones is 2. The standard InChI is InChI=1S/C41H27Cl3F4N6O8/c1-18-8-33(50-39(58)37(20(3)56)54-52-35-10-22(5-7-30(35)43)41(60)62-28-15-25(47)12-26(48)16-28)31(44)17-32(18)49-38(57)36(19(2)55)53-51-34-9-21(4-6-29(34)42)40(59)61-27-13-23(45)11-24(46)14-27/h4-17,36-37H,1-3H3,(H,49,57)(H,50,58)/b53-51+,54-52+. The van der Waals surface area contributed by atoms with Crippen LogP contribution in [0.3, 0.4) is 0 Å². The number of aryl methyl sites for hydroxylation is 1. The summed E-state index contributed by atoms with van der Waals surface area (Å²) in [5, 5.41) is 20.1. The summed E-state index contributed by atoms with van der Waals surface area (Å²) in [5.41, 5.74) is -0.292. The van der Waals surface area contributed by atoms with Crippen molar-refractivity contribution in [3.05, 3.63) is 140 Å². The molecule has 0 saturated carbocycles. The average molecular weight is 914 g/mol. The molecule has 0 aliphatic heterocycles. The van der Waals surface area contributed by atoms with Crippen LogP contribution in [-0.4, -0.2) is 47.4 Å². The van der Waals surface area contributed by atoms with Crippen molar-refractivity contribution in [1.29, 1.82) is 0 Å². The fourth-order valence-electron chi connectivity index (χ4n) is 5.13. The predicted molar refractivity (Wildman–Crippen MR) is 217 cm³/mol. The number of ether oxygens (including phenoxy) is 2. The zero-order valence-electron chi connectivity index (χ0n) is 31.9. The summed E-state index contributed by atoms with van der Waals surface area (Å²) in [6, 6.07) is 10.6. The van der Waals surface area contributed by atoms with Gasteiger partial charge in [-0.2, -0.15) is 20.5 Å². The van der Waals surface area contributed by atoms with Crippen LogP contribution in [0.1, 0.15) is 40.1 Å². The maximum absolute atomic E-state index is 13.6. The third-order valence-corrected chi connectivity index (χ3v) is 9.07. The minimum Gasteiger partial charge on any atom is -0.423 e. The number of amides is 2. The van der Waals surface area contributed by atoms with E-state index in [4.69, 9.17) is 44.3 Å². The molecule has 0 radical (unpaired) electrons. The lowest BCUT2D eigenvalue weighted by molar-refractivity contribution is -0.127. The van der Waals surface area contributed by atoms with Gasteiger partial charge in [0.05, 0.1) is 31.9 Å². The zero-order valence-corrected chi connectivity index (χ0v) is 34.2. The summed E-state index contributed by atoms with van der Waals surface area (Å²) in [5.74, 6) is -10.3. The van der Waals surface area contributed by atoms with Crippen molar-refractivity contribution in [3.63, 3.8) is 0 Å². The van der Waals surface area contributed by atoms with E-state index in [1.54, 1.807) is 0 Å². The quantitative estimate of drug-likeness (QED) is 0.0361. The van der Waals surface area contributed by atoms with Gasteiger partial charge < -0.3 is 20.1 Å². The van der Waals surface area contributed by atoms with E-state index in [1.807, 2.05) is 0 Å². The SMILES string of the molecule is CC(=O)C(/N=N/c1cc(C(=O)Oc2cc(F)cc(F)c2)ccc1Cl)C(=O)Nc1cc(Cl)c(NC(=O)C(/N=N/c2cc(C(=O)Oc3cc(F)cc(F)c3)ccc2Cl)C(C)=O)cc1C. The van der Waals surface area contributed by atoms with Gasteiger partial charge in [0.15, 0.2) is 11.6 Å². The maximum atomic E-state index is 13.6. The number of hydrogen-bond donors (Lipinski definition) is 2. The van der Waals surface area contributed by atoms with E-state index < -0.39 is 82.2 Å². The first-order chi connectivity index (χ1) is 29.3.